The molecule has 5 nitrogen and oxygen atoms in total. The number of halogens is 1. The second-order valence-electron chi connectivity index (χ2n) is 7.73. The van der Waals surface area contributed by atoms with Crippen molar-refractivity contribution in [2.24, 2.45) is 5.92 Å². The molecule has 6 heteroatoms. The summed E-state index contributed by atoms with van der Waals surface area (Å²) < 4.78 is 6.15. The van der Waals surface area contributed by atoms with Crippen molar-refractivity contribution < 1.29 is 19.4 Å². The molecule has 1 fully saturated rings. The number of carboxylic acid groups (broad SMARTS) is 1. The highest BCUT2D eigenvalue weighted by Crippen LogP contribution is 2.30. The quantitative estimate of drug-likeness (QED) is 0.654. The van der Waals surface area contributed by atoms with E-state index in [1.165, 1.54) is 6.07 Å². The molecule has 3 rings (SSSR count). The molecule has 0 aliphatic heterocycles. The van der Waals surface area contributed by atoms with Gasteiger partial charge in [-0.05, 0) is 68.4 Å². The molecule has 154 valence electrons. The lowest BCUT2D eigenvalue weighted by Gasteiger charge is -2.27. The minimum Gasteiger partial charge on any atom is -0.490 e. The summed E-state index contributed by atoms with van der Waals surface area (Å²) in [5.74, 6) is -0.164. The predicted octanol–water partition coefficient (Wildman–Crippen LogP) is 5.49. The number of nitrogens with one attached hydrogen (secondary N) is 1. The van der Waals surface area contributed by atoms with Gasteiger partial charge in [0.25, 0.3) is 5.91 Å². The Labute approximate surface area is 176 Å². The molecule has 1 saturated carbocycles. The van der Waals surface area contributed by atoms with E-state index in [1.54, 1.807) is 43.3 Å². The molecular weight excluding hydrogens is 390 g/mol. The van der Waals surface area contributed by atoms with Gasteiger partial charge in [-0.25, -0.2) is 4.79 Å². The minimum atomic E-state index is -1.03. The molecule has 0 aromatic heterocycles. The molecule has 0 bridgehead atoms. The normalized spacial score (nSPS) is 20.0. The average Bonchev–Trinajstić information content (AvgIpc) is 2.70. The molecule has 29 heavy (non-hydrogen) atoms. The van der Waals surface area contributed by atoms with E-state index in [9.17, 15) is 14.7 Å². The fraction of sp³-hybridized carbons (Fsp3) is 0.391. The van der Waals surface area contributed by atoms with Crippen LogP contribution >= 0.6 is 11.6 Å². The first-order valence-corrected chi connectivity index (χ1v) is 10.3. The van der Waals surface area contributed by atoms with E-state index in [0.29, 0.717) is 27.8 Å². The van der Waals surface area contributed by atoms with Gasteiger partial charge in [0.15, 0.2) is 0 Å². The second kappa shape index (κ2) is 9.31. The summed E-state index contributed by atoms with van der Waals surface area (Å²) in [5, 5.41) is 12.7. The molecule has 2 aromatic rings. The van der Waals surface area contributed by atoms with Crippen molar-refractivity contribution in [3.05, 3.63) is 64.2 Å². The van der Waals surface area contributed by atoms with Gasteiger partial charge in [-0.2, -0.15) is 0 Å². The van der Waals surface area contributed by atoms with Crippen LogP contribution in [0.15, 0.2) is 42.5 Å². The molecule has 0 radical (unpaired) electrons. The van der Waals surface area contributed by atoms with Crippen LogP contribution in [0.3, 0.4) is 0 Å². The van der Waals surface area contributed by atoms with Gasteiger partial charge in [-0.15, -0.1) is 0 Å². The summed E-state index contributed by atoms with van der Waals surface area (Å²) in [5.41, 5.74) is 1.06. The summed E-state index contributed by atoms with van der Waals surface area (Å²) in [6.45, 7) is 4.00. The molecule has 0 unspecified atom stereocenters. The van der Waals surface area contributed by atoms with Crippen molar-refractivity contribution in [1.82, 2.24) is 5.32 Å². The number of benzene rings is 2. The van der Waals surface area contributed by atoms with Crippen LogP contribution in [0.4, 0.5) is 0 Å². The lowest BCUT2D eigenvalue weighted by molar-refractivity contribution is 0.0693. The maximum absolute atomic E-state index is 13.0. The number of carbonyl (C=O) groups excluding carboxylic acids is 1. The third kappa shape index (κ3) is 5.30. The van der Waals surface area contributed by atoms with E-state index in [4.69, 9.17) is 16.3 Å². The zero-order valence-electron chi connectivity index (χ0n) is 16.7. The van der Waals surface area contributed by atoms with Gasteiger partial charge in [0, 0.05) is 5.02 Å². The number of hydrogen-bond donors (Lipinski definition) is 2. The first kappa shape index (κ1) is 21.2. The third-order valence-electron chi connectivity index (χ3n) is 5.45. The number of rotatable bonds is 6. The Balaban J connectivity index is 1.78. The van der Waals surface area contributed by atoms with Crippen molar-refractivity contribution in [2.75, 3.05) is 0 Å². The van der Waals surface area contributed by atoms with Gasteiger partial charge < -0.3 is 15.2 Å². The summed E-state index contributed by atoms with van der Waals surface area (Å²) in [7, 11) is 0. The minimum absolute atomic E-state index is 0.0871. The van der Waals surface area contributed by atoms with Crippen molar-refractivity contribution in [3.63, 3.8) is 0 Å². The van der Waals surface area contributed by atoms with Crippen LogP contribution in [0.2, 0.25) is 5.02 Å². The van der Waals surface area contributed by atoms with E-state index in [2.05, 4.69) is 12.2 Å². The van der Waals surface area contributed by atoms with Crippen LogP contribution < -0.4 is 10.1 Å². The van der Waals surface area contributed by atoms with Crippen molar-refractivity contribution in [1.29, 1.82) is 0 Å². The van der Waals surface area contributed by atoms with Gasteiger partial charge in [0.1, 0.15) is 5.75 Å². The number of aromatic carboxylic acids is 1. The van der Waals surface area contributed by atoms with E-state index in [1.807, 2.05) is 0 Å². The van der Waals surface area contributed by atoms with E-state index in [0.717, 1.165) is 25.7 Å². The van der Waals surface area contributed by atoms with E-state index >= 15 is 0 Å². The van der Waals surface area contributed by atoms with Gasteiger partial charge >= 0.3 is 5.97 Å². The molecule has 0 spiro atoms. The fourth-order valence-corrected chi connectivity index (χ4v) is 3.90. The summed E-state index contributed by atoms with van der Waals surface area (Å²) in [6, 6.07) is 11.2. The van der Waals surface area contributed by atoms with Crippen LogP contribution in [-0.2, 0) is 0 Å². The average molecular weight is 416 g/mol. The zero-order valence-corrected chi connectivity index (χ0v) is 17.4. The Morgan fingerprint density at radius 2 is 1.79 bits per heavy atom. The Hall–Kier alpha value is -2.53. The van der Waals surface area contributed by atoms with E-state index in [-0.39, 0.29) is 17.6 Å². The number of amides is 1. The highest BCUT2D eigenvalue weighted by molar-refractivity contribution is 6.31. The molecule has 2 N–H and O–H groups in total. The first-order valence-electron chi connectivity index (χ1n) is 9.94. The Morgan fingerprint density at radius 3 is 2.48 bits per heavy atom. The molecule has 0 heterocycles. The molecule has 1 aliphatic rings. The summed E-state index contributed by atoms with van der Waals surface area (Å²) in [6.07, 6.45) is 4.25. The van der Waals surface area contributed by atoms with Crippen molar-refractivity contribution in [3.8, 4) is 5.75 Å². The Morgan fingerprint density at radius 1 is 1.10 bits per heavy atom. The van der Waals surface area contributed by atoms with E-state index < -0.39 is 12.0 Å². The van der Waals surface area contributed by atoms with Crippen LogP contribution in [0.5, 0.6) is 5.75 Å². The van der Waals surface area contributed by atoms with Gasteiger partial charge in [-0.3, -0.25) is 4.79 Å². The zero-order chi connectivity index (χ0) is 21.0. The first-order chi connectivity index (χ1) is 13.8. The van der Waals surface area contributed by atoms with Crippen LogP contribution in [0, 0.1) is 5.92 Å². The van der Waals surface area contributed by atoms with Crippen LogP contribution in [-0.4, -0.2) is 23.1 Å². The number of carboxylic acids is 1. The number of ether oxygens (including phenoxy) is 1. The molecule has 0 saturated heterocycles. The number of carbonyl (C=O) groups is 2. The standard InChI is InChI=1S/C23H26ClNO4/c1-14-7-10-17(11-8-14)29-21-12-9-16(24)13-20(21)22(26)25-15(2)18-5-3-4-6-19(18)23(27)28/h3-6,9,12-15,17H,7-8,10-11H2,1-2H3,(H,25,26)(H,27,28)/t14?,15-,17?/m0/s1. The second-order valence-corrected chi connectivity index (χ2v) is 8.16. The predicted molar refractivity (Wildman–Crippen MR) is 113 cm³/mol. The summed E-state index contributed by atoms with van der Waals surface area (Å²) >= 11 is 6.13. The highest BCUT2D eigenvalue weighted by atomic mass is 35.5. The van der Waals surface area contributed by atoms with Gasteiger partial charge in [-0.1, -0.05) is 36.7 Å². The maximum Gasteiger partial charge on any atom is 0.336 e. The van der Waals surface area contributed by atoms with Gasteiger partial charge in [0.2, 0.25) is 0 Å². The summed E-state index contributed by atoms with van der Waals surface area (Å²) in [4.78, 5) is 24.5. The molecule has 1 aliphatic carbocycles. The molecule has 2 aromatic carbocycles. The lowest BCUT2D eigenvalue weighted by Crippen LogP contribution is -2.29. The molecule has 1 amide bonds. The molecular formula is C23H26ClNO4. The van der Waals surface area contributed by atoms with Crippen LogP contribution in [0.25, 0.3) is 0 Å². The highest BCUT2D eigenvalue weighted by Gasteiger charge is 2.23. The SMILES string of the molecule is CC1CCC(Oc2ccc(Cl)cc2C(=O)N[C@@H](C)c2ccccc2C(=O)O)CC1. The van der Waals surface area contributed by atoms with Crippen LogP contribution in [0.1, 0.15) is 71.9 Å². The topological polar surface area (TPSA) is 75.6 Å². The Kier molecular flexibility index (Phi) is 6.80. The number of hydrogen-bond acceptors (Lipinski definition) is 3. The maximum atomic E-state index is 13.0. The van der Waals surface area contributed by atoms with Crippen molar-refractivity contribution >= 4 is 23.5 Å². The lowest BCUT2D eigenvalue weighted by atomic mass is 9.89. The monoisotopic (exact) mass is 415 g/mol. The smallest absolute Gasteiger partial charge is 0.336 e. The Bertz CT molecular complexity index is 890. The largest absolute Gasteiger partial charge is 0.490 e. The van der Waals surface area contributed by atoms with Gasteiger partial charge in [0.05, 0.1) is 23.3 Å². The molecule has 1 atom stereocenters. The van der Waals surface area contributed by atoms with Crippen molar-refractivity contribution in [2.45, 2.75) is 51.7 Å². The third-order valence-corrected chi connectivity index (χ3v) is 5.68. The fourth-order valence-electron chi connectivity index (χ4n) is 3.73.